The molecule has 0 bridgehead atoms. The Morgan fingerprint density at radius 1 is 1.00 bits per heavy atom. The van der Waals surface area contributed by atoms with Crippen LogP contribution in [0.4, 0.5) is 0 Å². The first-order chi connectivity index (χ1) is 7.56. The Kier molecular flexibility index (Phi) is 8.96. The fourth-order valence-electron chi connectivity index (χ4n) is 2.41. The molecule has 0 aliphatic heterocycles. The lowest BCUT2D eigenvalue weighted by Gasteiger charge is -2.34. The molecular weight excluding hydrogens is 196 g/mol. The molecule has 0 fully saturated rings. The van der Waals surface area contributed by atoms with E-state index in [2.05, 4.69) is 51.8 Å². The van der Waals surface area contributed by atoms with Crippen LogP contribution in [0.15, 0.2) is 0 Å². The lowest BCUT2D eigenvalue weighted by Crippen LogP contribution is -2.43. The van der Waals surface area contributed by atoms with E-state index in [9.17, 15) is 0 Å². The molecule has 98 valence electrons. The molecule has 3 unspecified atom stereocenters. The van der Waals surface area contributed by atoms with Gasteiger partial charge in [0.15, 0.2) is 0 Å². The van der Waals surface area contributed by atoms with Gasteiger partial charge in [0.2, 0.25) is 0 Å². The highest BCUT2D eigenvalue weighted by Crippen LogP contribution is 2.12. The molecule has 0 aliphatic carbocycles. The van der Waals surface area contributed by atoms with Gasteiger partial charge >= 0.3 is 0 Å². The minimum absolute atomic E-state index is 0.632. The Balaban J connectivity index is 4.04. The molecule has 0 aliphatic rings. The van der Waals surface area contributed by atoms with E-state index in [4.69, 9.17) is 0 Å². The smallest absolute Gasteiger partial charge is 0.00843 e. The van der Waals surface area contributed by atoms with Crippen LogP contribution >= 0.6 is 0 Å². The zero-order valence-electron chi connectivity index (χ0n) is 12.2. The van der Waals surface area contributed by atoms with Crippen molar-refractivity contribution >= 4 is 0 Å². The average Bonchev–Trinajstić information content (AvgIpc) is 2.26. The highest BCUT2D eigenvalue weighted by atomic mass is 15.2. The Hall–Kier alpha value is -0.0800. The van der Waals surface area contributed by atoms with Gasteiger partial charge in [-0.25, -0.2) is 0 Å². The molecule has 1 N–H and O–H groups in total. The van der Waals surface area contributed by atoms with Crippen molar-refractivity contribution in [3.63, 3.8) is 0 Å². The van der Waals surface area contributed by atoms with E-state index >= 15 is 0 Å². The SMILES string of the molecule is CCCNC(C)CC(C)N(CC)C(C)CC. The standard InChI is InChI=1S/C14H32N2/c1-7-10-15-12(4)11-14(6)16(9-3)13(5)8-2/h12-15H,7-11H2,1-6H3. The molecule has 0 aromatic rings. The zero-order valence-corrected chi connectivity index (χ0v) is 12.2. The molecule has 2 nitrogen and oxygen atoms in total. The number of nitrogens with one attached hydrogen (secondary N) is 1. The third-order valence-electron chi connectivity index (χ3n) is 3.53. The Morgan fingerprint density at radius 2 is 1.62 bits per heavy atom. The van der Waals surface area contributed by atoms with Crippen molar-refractivity contribution < 1.29 is 0 Å². The Morgan fingerprint density at radius 3 is 2.06 bits per heavy atom. The first kappa shape index (κ1) is 15.9. The maximum absolute atomic E-state index is 3.57. The van der Waals surface area contributed by atoms with E-state index in [0.29, 0.717) is 18.1 Å². The summed E-state index contributed by atoms with van der Waals surface area (Å²) in [5, 5.41) is 3.57. The molecule has 2 heteroatoms. The summed E-state index contributed by atoms with van der Waals surface area (Å²) < 4.78 is 0. The summed E-state index contributed by atoms with van der Waals surface area (Å²) in [4.78, 5) is 2.62. The van der Waals surface area contributed by atoms with Crippen LogP contribution in [-0.4, -0.2) is 36.1 Å². The van der Waals surface area contributed by atoms with E-state index in [1.165, 1.54) is 19.3 Å². The molecule has 0 saturated carbocycles. The Labute approximate surface area is 103 Å². The molecule has 0 aromatic heterocycles. The number of nitrogens with zero attached hydrogens (tertiary/aromatic N) is 1. The van der Waals surface area contributed by atoms with Crippen LogP contribution in [0.2, 0.25) is 0 Å². The van der Waals surface area contributed by atoms with E-state index in [0.717, 1.165) is 13.1 Å². The van der Waals surface area contributed by atoms with Gasteiger partial charge in [0.05, 0.1) is 0 Å². The zero-order chi connectivity index (χ0) is 12.6. The van der Waals surface area contributed by atoms with Gasteiger partial charge in [0.25, 0.3) is 0 Å². The van der Waals surface area contributed by atoms with Crippen molar-refractivity contribution in [2.75, 3.05) is 13.1 Å². The normalized spacial score (nSPS) is 17.4. The highest BCUT2D eigenvalue weighted by Gasteiger charge is 2.18. The molecule has 16 heavy (non-hydrogen) atoms. The minimum atomic E-state index is 0.632. The number of hydrogen-bond donors (Lipinski definition) is 1. The first-order valence-electron chi connectivity index (χ1n) is 7.05. The molecule has 0 heterocycles. The van der Waals surface area contributed by atoms with Gasteiger partial charge in [0, 0.05) is 18.1 Å². The lowest BCUT2D eigenvalue weighted by molar-refractivity contribution is 0.143. The predicted molar refractivity (Wildman–Crippen MR) is 74.0 cm³/mol. The maximum atomic E-state index is 3.57. The van der Waals surface area contributed by atoms with E-state index < -0.39 is 0 Å². The third-order valence-corrected chi connectivity index (χ3v) is 3.53. The van der Waals surface area contributed by atoms with Crippen LogP contribution in [0.3, 0.4) is 0 Å². The number of hydrogen-bond acceptors (Lipinski definition) is 2. The first-order valence-corrected chi connectivity index (χ1v) is 7.05. The van der Waals surface area contributed by atoms with Gasteiger partial charge in [-0.15, -0.1) is 0 Å². The van der Waals surface area contributed by atoms with Crippen LogP contribution in [0.1, 0.15) is 60.8 Å². The van der Waals surface area contributed by atoms with Gasteiger partial charge < -0.3 is 5.32 Å². The summed E-state index contributed by atoms with van der Waals surface area (Å²) in [7, 11) is 0. The van der Waals surface area contributed by atoms with E-state index in [1.807, 2.05) is 0 Å². The van der Waals surface area contributed by atoms with Crippen molar-refractivity contribution in [2.45, 2.75) is 78.9 Å². The molecule has 0 aromatic carbocycles. The summed E-state index contributed by atoms with van der Waals surface area (Å²) in [6.45, 7) is 16.1. The second kappa shape index (κ2) is 9.00. The van der Waals surface area contributed by atoms with Crippen LogP contribution < -0.4 is 5.32 Å². The van der Waals surface area contributed by atoms with E-state index in [1.54, 1.807) is 0 Å². The summed E-state index contributed by atoms with van der Waals surface area (Å²) in [5.41, 5.74) is 0. The summed E-state index contributed by atoms with van der Waals surface area (Å²) in [6.07, 6.45) is 3.72. The van der Waals surface area contributed by atoms with Gasteiger partial charge in [0.1, 0.15) is 0 Å². The summed E-state index contributed by atoms with van der Waals surface area (Å²) in [5.74, 6) is 0. The minimum Gasteiger partial charge on any atom is -0.314 e. The molecule has 0 saturated heterocycles. The fraction of sp³-hybridized carbons (Fsp3) is 1.00. The maximum Gasteiger partial charge on any atom is 0.00843 e. The second-order valence-electron chi connectivity index (χ2n) is 5.03. The van der Waals surface area contributed by atoms with E-state index in [-0.39, 0.29) is 0 Å². The van der Waals surface area contributed by atoms with Crippen LogP contribution in [0.25, 0.3) is 0 Å². The predicted octanol–water partition coefficient (Wildman–Crippen LogP) is 3.27. The van der Waals surface area contributed by atoms with Crippen molar-refractivity contribution in [2.24, 2.45) is 0 Å². The van der Waals surface area contributed by atoms with Gasteiger partial charge in [-0.1, -0.05) is 20.8 Å². The summed E-state index contributed by atoms with van der Waals surface area (Å²) >= 11 is 0. The van der Waals surface area contributed by atoms with Crippen LogP contribution in [0.5, 0.6) is 0 Å². The third kappa shape index (κ3) is 5.86. The second-order valence-corrected chi connectivity index (χ2v) is 5.03. The van der Waals surface area contributed by atoms with Crippen molar-refractivity contribution in [3.05, 3.63) is 0 Å². The molecule has 0 radical (unpaired) electrons. The average molecular weight is 228 g/mol. The van der Waals surface area contributed by atoms with Crippen LogP contribution in [-0.2, 0) is 0 Å². The highest BCUT2D eigenvalue weighted by molar-refractivity contribution is 4.75. The van der Waals surface area contributed by atoms with Gasteiger partial charge in [-0.05, 0) is 53.1 Å². The van der Waals surface area contributed by atoms with Gasteiger partial charge in [-0.3, -0.25) is 4.90 Å². The number of rotatable bonds is 9. The quantitative estimate of drug-likeness (QED) is 0.651. The van der Waals surface area contributed by atoms with Gasteiger partial charge in [-0.2, -0.15) is 0 Å². The van der Waals surface area contributed by atoms with Crippen molar-refractivity contribution in [1.82, 2.24) is 10.2 Å². The fourth-order valence-corrected chi connectivity index (χ4v) is 2.41. The van der Waals surface area contributed by atoms with Crippen molar-refractivity contribution in [1.29, 1.82) is 0 Å². The Bertz CT molecular complexity index is 159. The molecule has 0 rings (SSSR count). The molecular formula is C14H32N2. The topological polar surface area (TPSA) is 15.3 Å². The molecule has 0 amide bonds. The summed E-state index contributed by atoms with van der Waals surface area (Å²) in [6, 6.07) is 2.02. The lowest BCUT2D eigenvalue weighted by atomic mass is 10.1. The molecule has 3 atom stereocenters. The largest absolute Gasteiger partial charge is 0.314 e. The monoisotopic (exact) mass is 228 g/mol. The molecule has 0 spiro atoms. The van der Waals surface area contributed by atoms with Crippen LogP contribution in [0, 0.1) is 0 Å². The van der Waals surface area contributed by atoms with Crippen molar-refractivity contribution in [3.8, 4) is 0 Å².